The SMILES string of the molecule is CCOC(=O)NC(CNC(=NC)NC1CCN(C(=O)CC)C1)CC(C)C. The van der Waals surface area contributed by atoms with Gasteiger partial charge in [0.25, 0.3) is 0 Å². The average Bonchev–Trinajstić information content (AvgIpc) is 3.05. The summed E-state index contributed by atoms with van der Waals surface area (Å²) in [5.74, 6) is 1.32. The van der Waals surface area contributed by atoms with Gasteiger partial charge >= 0.3 is 6.09 Å². The highest BCUT2D eigenvalue weighted by atomic mass is 16.5. The van der Waals surface area contributed by atoms with Crippen LogP contribution in [0.4, 0.5) is 4.79 Å². The summed E-state index contributed by atoms with van der Waals surface area (Å²) in [4.78, 5) is 29.6. The van der Waals surface area contributed by atoms with Crippen LogP contribution in [0.1, 0.15) is 47.0 Å². The molecule has 1 saturated heterocycles. The largest absolute Gasteiger partial charge is 0.450 e. The highest BCUT2D eigenvalue weighted by Gasteiger charge is 2.26. The van der Waals surface area contributed by atoms with Crippen LogP contribution in [0.3, 0.4) is 0 Å². The predicted molar refractivity (Wildman–Crippen MR) is 103 cm³/mol. The van der Waals surface area contributed by atoms with Crippen molar-refractivity contribution < 1.29 is 14.3 Å². The molecule has 1 heterocycles. The molecule has 0 aromatic carbocycles. The highest BCUT2D eigenvalue weighted by Crippen LogP contribution is 2.10. The molecule has 26 heavy (non-hydrogen) atoms. The molecule has 1 aliphatic rings. The minimum atomic E-state index is -0.396. The van der Waals surface area contributed by atoms with Crippen molar-refractivity contribution in [3.8, 4) is 0 Å². The van der Waals surface area contributed by atoms with Crippen molar-refractivity contribution in [2.75, 3.05) is 33.3 Å². The molecule has 8 nitrogen and oxygen atoms in total. The van der Waals surface area contributed by atoms with E-state index in [0.717, 1.165) is 19.4 Å². The molecule has 0 bridgehead atoms. The lowest BCUT2D eigenvalue weighted by Crippen LogP contribution is -2.50. The summed E-state index contributed by atoms with van der Waals surface area (Å²) < 4.78 is 4.98. The lowest BCUT2D eigenvalue weighted by Gasteiger charge is -2.23. The van der Waals surface area contributed by atoms with E-state index in [4.69, 9.17) is 4.74 Å². The van der Waals surface area contributed by atoms with E-state index >= 15 is 0 Å². The van der Waals surface area contributed by atoms with Gasteiger partial charge in [0, 0.05) is 45.2 Å². The Balaban J connectivity index is 2.49. The molecule has 2 amide bonds. The van der Waals surface area contributed by atoms with E-state index in [1.54, 1.807) is 14.0 Å². The Kier molecular flexibility index (Phi) is 9.83. The van der Waals surface area contributed by atoms with Gasteiger partial charge < -0.3 is 25.6 Å². The fraction of sp³-hybridized carbons (Fsp3) is 0.833. The van der Waals surface area contributed by atoms with Crippen molar-refractivity contribution in [2.24, 2.45) is 10.9 Å². The van der Waals surface area contributed by atoms with Gasteiger partial charge in [-0.3, -0.25) is 9.79 Å². The van der Waals surface area contributed by atoms with Gasteiger partial charge in [-0.05, 0) is 25.7 Å². The lowest BCUT2D eigenvalue weighted by atomic mass is 10.0. The Hall–Kier alpha value is -1.99. The van der Waals surface area contributed by atoms with Gasteiger partial charge in [0.05, 0.1) is 6.61 Å². The minimum Gasteiger partial charge on any atom is -0.450 e. The zero-order chi connectivity index (χ0) is 19.5. The summed E-state index contributed by atoms with van der Waals surface area (Å²) in [5.41, 5.74) is 0. The normalized spacial score (nSPS) is 18.6. The van der Waals surface area contributed by atoms with Gasteiger partial charge in [-0.2, -0.15) is 0 Å². The number of alkyl carbamates (subject to hydrolysis) is 1. The van der Waals surface area contributed by atoms with Crippen molar-refractivity contribution in [1.82, 2.24) is 20.9 Å². The number of aliphatic imine (C=N–C) groups is 1. The van der Waals surface area contributed by atoms with Gasteiger partial charge in [0.15, 0.2) is 5.96 Å². The van der Waals surface area contributed by atoms with Crippen LogP contribution in [0, 0.1) is 5.92 Å². The first-order valence-corrected chi connectivity index (χ1v) is 9.57. The fourth-order valence-electron chi connectivity index (χ4n) is 3.04. The van der Waals surface area contributed by atoms with Gasteiger partial charge in [-0.1, -0.05) is 20.8 Å². The summed E-state index contributed by atoms with van der Waals surface area (Å²) in [6, 6.07) is 0.146. The molecular formula is C18H35N5O3. The first-order chi connectivity index (χ1) is 12.4. The molecule has 0 aromatic heterocycles. The predicted octanol–water partition coefficient (Wildman–Crippen LogP) is 1.32. The first kappa shape index (κ1) is 22.1. The van der Waals surface area contributed by atoms with Crippen molar-refractivity contribution in [3.05, 3.63) is 0 Å². The number of nitrogens with zero attached hydrogens (tertiary/aromatic N) is 2. The number of rotatable bonds is 8. The molecule has 0 aliphatic carbocycles. The van der Waals surface area contributed by atoms with Crippen molar-refractivity contribution in [1.29, 1.82) is 0 Å². The molecule has 2 unspecified atom stereocenters. The maximum absolute atomic E-state index is 11.8. The molecular weight excluding hydrogens is 334 g/mol. The average molecular weight is 370 g/mol. The number of carbonyl (C=O) groups excluding carboxylic acids is 2. The van der Waals surface area contributed by atoms with Crippen LogP contribution in [-0.4, -0.2) is 68.2 Å². The summed E-state index contributed by atoms with van der Waals surface area (Å²) in [6.45, 7) is 10.3. The smallest absolute Gasteiger partial charge is 0.407 e. The van der Waals surface area contributed by atoms with Crippen LogP contribution < -0.4 is 16.0 Å². The third-order valence-electron chi connectivity index (χ3n) is 4.28. The van der Waals surface area contributed by atoms with Gasteiger partial charge in [-0.25, -0.2) is 4.79 Å². The maximum Gasteiger partial charge on any atom is 0.407 e. The van der Waals surface area contributed by atoms with E-state index in [-0.39, 0.29) is 18.0 Å². The monoisotopic (exact) mass is 369 g/mol. The Bertz CT molecular complexity index is 481. The quantitative estimate of drug-likeness (QED) is 0.443. The Labute approximate surface area is 157 Å². The number of hydrogen-bond acceptors (Lipinski definition) is 4. The summed E-state index contributed by atoms with van der Waals surface area (Å²) in [6.07, 6.45) is 1.89. The van der Waals surface area contributed by atoms with Crippen LogP contribution in [0.25, 0.3) is 0 Å². The third-order valence-corrected chi connectivity index (χ3v) is 4.28. The third kappa shape index (κ3) is 7.93. The van der Waals surface area contributed by atoms with Crippen molar-refractivity contribution in [2.45, 2.75) is 59.0 Å². The fourth-order valence-corrected chi connectivity index (χ4v) is 3.04. The standard InChI is InChI=1S/C18H35N5O3/c1-6-16(24)23-9-8-14(12-23)21-17(19-5)20-11-15(10-13(3)4)22-18(25)26-7-2/h13-15H,6-12H2,1-5H3,(H,22,25)(H2,19,20,21). The van der Waals surface area contributed by atoms with Crippen LogP contribution >= 0.6 is 0 Å². The molecule has 3 N–H and O–H groups in total. The molecule has 8 heteroatoms. The van der Waals surface area contributed by atoms with E-state index in [2.05, 4.69) is 34.8 Å². The van der Waals surface area contributed by atoms with Crippen LogP contribution in [0.5, 0.6) is 0 Å². The van der Waals surface area contributed by atoms with Crippen LogP contribution in [0.2, 0.25) is 0 Å². The molecule has 1 aliphatic heterocycles. The Morgan fingerprint density at radius 2 is 2.04 bits per heavy atom. The van der Waals surface area contributed by atoms with E-state index in [1.165, 1.54) is 0 Å². The number of likely N-dealkylation sites (tertiary alicyclic amines) is 1. The molecule has 0 saturated carbocycles. The Morgan fingerprint density at radius 3 is 2.62 bits per heavy atom. The second-order valence-electron chi connectivity index (χ2n) is 6.97. The summed E-state index contributed by atoms with van der Waals surface area (Å²) in [5, 5.41) is 9.53. The number of guanidine groups is 1. The number of hydrogen-bond donors (Lipinski definition) is 3. The lowest BCUT2D eigenvalue weighted by molar-refractivity contribution is -0.129. The van der Waals surface area contributed by atoms with E-state index in [1.807, 2.05) is 11.8 Å². The summed E-state index contributed by atoms with van der Waals surface area (Å²) in [7, 11) is 1.72. The topological polar surface area (TPSA) is 95.1 Å². The van der Waals surface area contributed by atoms with E-state index in [0.29, 0.717) is 38.0 Å². The first-order valence-electron chi connectivity index (χ1n) is 9.57. The number of ether oxygens (including phenoxy) is 1. The molecule has 150 valence electrons. The second kappa shape index (κ2) is 11.6. The highest BCUT2D eigenvalue weighted by molar-refractivity contribution is 5.80. The number of nitrogens with one attached hydrogen (secondary N) is 3. The van der Waals surface area contributed by atoms with E-state index < -0.39 is 6.09 Å². The van der Waals surface area contributed by atoms with Gasteiger partial charge in [0.2, 0.25) is 5.91 Å². The molecule has 1 fully saturated rings. The number of carbonyl (C=O) groups is 2. The molecule has 0 spiro atoms. The Morgan fingerprint density at radius 1 is 1.31 bits per heavy atom. The maximum atomic E-state index is 11.8. The van der Waals surface area contributed by atoms with Crippen LogP contribution in [-0.2, 0) is 9.53 Å². The van der Waals surface area contributed by atoms with Gasteiger partial charge in [-0.15, -0.1) is 0 Å². The zero-order valence-corrected chi connectivity index (χ0v) is 16.8. The molecule has 0 radical (unpaired) electrons. The van der Waals surface area contributed by atoms with Crippen molar-refractivity contribution >= 4 is 18.0 Å². The molecule has 2 atom stereocenters. The van der Waals surface area contributed by atoms with Crippen molar-refractivity contribution in [3.63, 3.8) is 0 Å². The van der Waals surface area contributed by atoms with E-state index in [9.17, 15) is 9.59 Å². The summed E-state index contributed by atoms with van der Waals surface area (Å²) >= 11 is 0. The zero-order valence-electron chi connectivity index (χ0n) is 16.8. The number of amides is 2. The molecule has 1 rings (SSSR count). The van der Waals surface area contributed by atoms with Crippen LogP contribution in [0.15, 0.2) is 4.99 Å². The minimum absolute atomic E-state index is 0.0469. The molecule has 0 aromatic rings. The second-order valence-corrected chi connectivity index (χ2v) is 6.97. The van der Waals surface area contributed by atoms with Gasteiger partial charge in [0.1, 0.15) is 0 Å².